The van der Waals surface area contributed by atoms with E-state index in [0.29, 0.717) is 6.42 Å². The SMILES string of the molecule is COC1CCCC(CCS(=O)(=O)OC)O1. The van der Waals surface area contributed by atoms with Gasteiger partial charge in [0.25, 0.3) is 10.1 Å². The molecule has 1 saturated heterocycles. The maximum atomic E-state index is 11.1. The molecule has 6 heteroatoms. The predicted molar refractivity (Wildman–Crippen MR) is 54.9 cm³/mol. The van der Waals surface area contributed by atoms with E-state index in [1.165, 1.54) is 7.11 Å². The highest BCUT2D eigenvalue weighted by molar-refractivity contribution is 7.86. The van der Waals surface area contributed by atoms with Crippen LogP contribution in [0.5, 0.6) is 0 Å². The lowest BCUT2D eigenvalue weighted by atomic mass is 10.1. The smallest absolute Gasteiger partial charge is 0.267 e. The van der Waals surface area contributed by atoms with Crippen molar-refractivity contribution < 1.29 is 22.1 Å². The summed E-state index contributed by atoms with van der Waals surface area (Å²) in [6, 6.07) is 0. The molecule has 1 heterocycles. The van der Waals surface area contributed by atoms with Crippen molar-refractivity contribution in [3.8, 4) is 0 Å². The Kier molecular flexibility index (Phi) is 4.98. The Labute approximate surface area is 90.8 Å². The van der Waals surface area contributed by atoms with Crippen molar-refractivity contribution in [2.45, 2.75) is 38.1 Å². The Morgan fingerprint density at radius 3 is 2.67 bits per heavy atom. The van der Waals surface area contributed by atoms with Crippen molar-refractivity contribution >= 4 is 10.1 Å². The molecule has 2 atom stereocenters. The quantitative estimate of drug-likeness (QED) is 0.666. The van der Waals surface area contributed by atoms with E-state index in [-0.39, 0.29) is 18.1 Å². The molecule has 0 amide bonds. The molecule has 0 saturated carbocycles. The molecule has 0 aromatic rings. The molecule has 0 radical (unpaired) electrons. The summed E-state index contributed by atoms with van der Waals surface area (Å²) in [5, 5.41) is 0. The van der Waals surface area contributed by atoms with Gasteiger partial charge in [-0.25, -0.2) is 0 Å². The molecule has 15 heavy (non-hydrogen) atoms. The number of hydrogen-bond acceptors (Lipinski definition) is 5. The lowest BCUT2D eigenvalue weighted by Crippen LogP contribution is -2.30. The van der Waals surface area contributed by atoms with E-state index < -0.39 is 10.1 Å². The minimum absolute atomic E-state index is 0.00456. The van der Waals surface area contributed by atoms with Gasteiger partial charge in [0, 0.05) is 7.11 Å². The van der Waals surface area contributed by atoms with E-state index in [0.717, 1.165) is 19.3 Å². The number of rotatable bonds is 5. The molecule has 0 bridgehead atoms. The summed E-state index contributed by atoms with van der Waals surface area (Å²) in [5.74, 6) is 0.00456. The van der Waals surface area contributed by atoms with E-state index >= 15 is 0 Å². The van der Waals surface area contributed by atoms with Crippen LogP contribution in [0, 0.1) is 0 Å². The molecular weight excluding hydrogens is 220 g/mol. The number of hydrogen-bond donors (Lipinski definition) is 0. The Morgan fingerprint density at radius 2 is 2.07 bits per heavy atom. The largest absolute Gasteiger partial charge is 0.356 e. The first-order valence-electron chi connectivity index (χ1n) is 5.04. The monoisotopic (exact) mass is 238 g/mol. The molecule has 1 aliphatic heterocycles. The molecule has 0 aliphatic carbocycles. The average molecular weight is 238 g/mol. The van der Waals surface area contributed by atoms with E-state index in [9.17, 15) is 8.42 Å². The van der Waals surface area contributed by atoms with Crippen LogP contribution in [0.1, 0.15) is 25.7 Å². The van der Waals surface area contributed by atoms with Gasteiger partial charge in [-0.15, -0.1) is 0 Å². The van der Waals surface area contributed by atoms with E-state index in [2.05, 4.69) is 4.18 Å². The van der Waals surface area contributed by atoms with Crippen molar-refractivity contribution in [3.05, 3.63) is 0 Å². The molecule has 1 aliphatic rings. The summed E-state index contributed by atoms with van der Waals surface area (Å²) in [4.78, 5) is 0. The third-order valence-corrected chi connectivity index (χ3v) is 3.76. The maximum Gasteiger partial charge on any atom is 0.267 e. The zero-order valence-corrected chi connectivity index (χ0v) is 9.96. The summed E-state index contributed by atoms with van der Waals surface area (Å²) in [6.07, 6.45) is 3.03. The molecular formula is C9H18O5S. The minimum atomic E-state index is -3.36. The third-order valence-electron chi connectivity index (χ3n) is 2.52. The Balaban J connectivity index is 2.33. The standard InChI is InChI=1S/C9H18O5S/c1-12-9-5-3-4-8(14-9)6-7-15(10,11)13-2/h8-9H,3-7H2,1-2H3. The summed E-state index contributed by atoms with van der Waals surface area (Å²) >= 11 is 0. The zero-order valence-electron chi connectivity index (χ0n) is 9.14. The topological polar surface area (TPSA) is 61.8 Å². The van der Waals surface area contributed by atoms with Crippen molar-refractivity contribution in [3.63, 3.8) is 0 Å². The molecule has 0 N–H and O–H groups in total. The Bertz CT molecular complexity index is 274. The fourth-order valence-corrected chi connectivity index (χ4v) is 2.33. The van der Waals surface area contributed by atoms with Crippen LogP contribution in [0.15, 0.2) is 0 Å². The van der Waals surface area contributed by atoms with Crippen molar-refractivity contribution in [2.24, 2.45) is 0 Å². The predicted octanol–water partition coefficient (Wildman–Crippen LogP) is 0.894. The fourth-order valence-electron chi connectivity index (χ4n) is 1.61. The van der Waals surface area contributed by atoms with Crippen LogP contribution in [0.3, 0.4) is 0 Å². The van der Waals surface area contributed by atoms with E-state index in [1.807, 2.05) is 0 Å². The molecule has 0 aromatic carbocycles. The van der Waals surface area contributed by atoms with Gasteiger partial charge in [0.2, 0.25) is 0 Å². The lowest BCUT2D eigenvalue weighted by molar-refractivity contribution is -0.179. The molecule has 90 valence electrons. The highest BCUT2D eigenvalue weighted by Crippen LogP contribution is 2.21. The second-order valence-corrected chi connectivity index (χ2v) is 5.43. The van der Waals surface area contributed by atoms with E-state index in [4.69, 9.17) is 9.47 Å². The lowest BCUT2D eigenvalue weighted by Gasteiger charge is -2.28. The highest BCUT2D eigenvalue weighted by Gasteiger charge is 2.23. The van der Waals surface area contributed by atoms with Crippen LogP contribution >= 0.6 is 0 Å². The second-order valence-electron chi connectivity index (χ2n) is 3.57. The minimum Gasteiger partial charge on any atom is -0.356 e. The first-order valence-corrected chi connectivity index (χ1v) is 6.61. The van der Waals surface area contributed by atoms with Crippen LogP contribution in [-0.4, -0.2) is 40.8 Å². The number of methoxy groups -OCH3 is 1. The van der Waals surface area contributed by atoms with Crippen molar-refractivity contribution in [1.29, 1.82) is 0 Å². The van der Waals surface area contributed by atoms with Crippen LogP contribution in [-0.2, 0) is 23.8 Å². The first kappa shape index (κ1) is 12.9. The van der Waals surface area contributed by atoms with Crippen molar-refractivity contribution in [1.82, 2.24) is 0 Å². The van der Waals surface area contributed by atoms with Gasteiger partial charge in [-0.05, 0) is 25.7 Å². The molecule has 5 nitrogen and oxygen atoms in total. The third kappa shape index (κ3) is 4.46. The number of ether oxygens (including phenoxy) is 2. The fraction of sp³-hybridized carbons (Fsp3) is 1.00. The Morgan fingerprint density at radius 1 is 1.33 bits per heavy atom. The van der Waals surface area contributed by atoms with Gasteiger partial charge in [-0.2, -0.15) is 8.42 Å². The molecule has 1 rings (SSSR count). The summed E-state index contributed by atoms with van der Waals surface area (Å²) < 4.78 is 37.1. The van der Waals surface area contributed by atoms with Crippen LogP contribution in [0.4, 0.5) is 0 Å². The van der Waals surface area contributed by atoms with Crippen LogP contribution in [0.25, 0.3) is 0 Å². The van der Waals surface area contributed by atoms with Gasteiger partial charge in [-0.1, -0.05) is 0 Å². The molecule has 2 unspecified atom stereocenters. The maximum absolute atomic E-state index is 11.1. The van der Waals surface area contributed by atoms with Gasteiger partial charge < -0.3 is 9.47 Å². The van der Waals surface area contributed by atoms with Gasteiger partial charge >= 0.3 is 0 Å². The zero-order chi connectivity index (χ0) is 11.3. The van der Waals surface area contributed by atoms with Crippen LogP contribution in [0.2, 0.25) is 0 Å². The van der Waals surface area contributed by atoms with Gasteiger partial charge in [-0.3, -0.25) is 4.18 Å². The summed E-state index contributed by atoms with van der Waals surface area (Å²) in [7, 11) is -0.592. The normalized spacial score (nSPS) is 27.9. The van der Waals surface area contributed by atoms with Crippen LogP contribution < -0.4 is 0 Å². The van der Waals surface area contributed by atoms with Gasteiger partial charge in [0.05, 0.1) is 19.0 Å². The molecule has 1 fully saturated rings. The van der Waals surface area contributed by atoms with Gasteiger partial charge in [0.15, 0.2) is 6.29 Å². The summed E-state index contributed by atoms with van der Waals surface area (Å²) in [5.41, 5.74) is 0. The highest BCUT2D eigenvalue weighted by atomic mass is 32.2. The van der Waals surface area contributed by atoms with Gasteiger partial charge in [0.1, 0.15) is 0 Å². The average Bonchev–Trinajstić information content (AvgIpc) is 2.27. The Hall–Kier alpha value is -0.170. The van der Waals surface area contributed by atoms with E-state index in [1.54, 1.807) is 7.11 Å². The first-order chi connectivity index (χ1) is 7.07. The molecule has 0 aromatic heterocycles. The molecule has 0 spiro atoms. The summed E-state index contributed by atoms with van der Waals surface area (Å²) in [6.45, 7) is 0. The van der Waals surface area contributed by atoms with Crippen molar-refractivity contribution in [2.75, 3.05) is 20.0 Å². The second kappa shape index (κ2) is 5.79.